The molecule has 0 saturated carbocycles. The number of anilines is 1. The molecule has 0 aliphatic rings. The number of nitrogens with two attached hydrogens (primary N) is 1. The molecule has 0 amide bonds. The summed E-state index contributed by atoms with van der Waals surface area (Å²) in [6.45, 7) is 1.62. The summed E-state index contributed by atoms with van der Waals surface area (Å²) in [4.78, 5) is 8.32. The third-order valence-electron chi connectivity index (χ3n) is 1.78. The van der Waals surface area contributed by atoms with Crippen molar-refractivity contribution in [1.82, 2.24) is 4.98 Å². The standard InChI is InChI=1S/C10H16N4S.HI/c1-15-10(11)14-8-4-7-13-9-5-2-3-6-12-9;/h2-3,5-6H,4,7-8H2,1H3,(H2,11,14)(H,12,13);1H. The lowest BCUT2D eigenvalue weighted by molar-refractivity contribution is 0.872. The molecular formula is C10H17IN4S. The van der Waals surface area contributed by atoms with Crippen LogP contribution in [0.1, 0.15) is 6.42 Å². The van der Waals surface area contributed by atoms with Crippen LogP contribution in [-0.2, 0) is 0 Å². The van der Waals surface area contributed by atoms with Gasteiger partial charge in [-0.3, -0.25) is 4.99 Å². The Morgan fingerprint density at radius 2 is 2.38 bits per heavy atom. The summed E-state index contributed by atoms with van der Waals surface area (Å²) in [7, 11) is 0. The number of hydrogen-bond donors (Lipinski definition) is 2. The number of aliphatic imine (C=N–C) groups is 1. The Balaban J connectivity index is 0.00000225. The summed E-state index contributed by atoms with van der Waals surface area (Å²) >= 11 is 1.47. The Morgan fingerprint density at radius 3 is 3.00 bits per heavy atom. The van der Waals surface area contributed by atoms with Crippen LogP contribution >= 0.6 is 35.7 Å². The Bertz CT molecular complexity index is 305. The number of nitrogens with one attached hydrogen (secondary N) is 1. The molecule has 0 unspecified atom stereocenters. The van der Waals surface area contributed by atoms with Gasteiger partial charge in [0, 0.05) is 19.3 Å². The lowest BCUT2D eigenvalue weighted by Crippen LogP contribution is -2.08. The SMILES string of the molecule is CSC(N)=NCCCNc1ccccn1.I. The molecule has 0 radical (unpaired) electrons. The zero-order valence-corrected chi connectivity index (χ0v) is 12.4. The quantitative estimate of drug-likeness (QED) is 0.369. The van der Waals surface area contributed by atoms with Crippen LogP contribution in [0, 0.1) is 0 Å². The minimum atomic E-state index is 0. The van der Waals surface area contributed by atoms with Crippen molar-refractivity contribution in [2.24, 2.45) is 10.7 Å². The van der Waals surface area contributed by atoms with Gasteiger partial charge in [0.1, 0.15) is 5.82 Å². The van der Waals surface area contributed by atoms with E-state index >= 15 is 0 Å². The van der Waals surface area contributed by atoms with Crippen molar-refractivity contribution < 1.29 is 0 Å². The Morgan fingerprint density at radius 1 is 1.56 bits per heavy atom. The van der Waals surface area contributed by atoms with Crippen LogP contribution in [0.15, 0.2) is 29.4 Å². The van der Waals surface area contributed by atoms with Crippen LogP contribution in [0.4, 0.5) is 5.82 Å². The summed E-state index contributed by atoms with van der Waals surface area (Å²) in [5.41, 5.74) is 5.55. The number of rotatable bonds is 5. The fourth-order valence-electron chi connectivity index (χ4n) is 1.02. The molecule has 0 bridgehead atoms. The van der Waals surface area contributed by atoms with Crippen molar-refractivity contribution in [3.8, 4) is 0 Å². The smallest absolute Gasteiger partial charge is 0.153 e. The van der Waals surface area contributed by atoms with Gasteiger partial charge in [-0.1, -0.05) is 17.8 Å². The second kappa shape index (κ2) is 9.71. The molecule has 0 aromatic carbocycles. The number of amidine groups is 1. The van der Waals surface area contributed by atoms with Gasteiger partial charge < -0.3 is 11.1 Å². The molecule has 0 atom stereocenters. The highest BCUT2D eigenvalue weighted by Gasteiger charge is 1.91. The van der Waals surface area contributed by atoms with E-state index in [0.29, 0.717) is 5.17 Å². The number of halogens is 1. The molecule has 0 aliphatic heterocycles. The van der Waals surface area contributed by atoms with Gasteiger partial charge in [-0.15, -0.1) is 24.0 Å². The van der Waals surface area contributed by atoms with Gasteiger partial charge in [-0.25, -0.2) is 4.98 Å². The maximum atomic E-state index is 5.55. The molecular weight excluding hydrogens is 335 g/mol. The second-order valence-corrected chi connectivity index (χ2v) is 3.75. The molecule has 0 fully saturated rings. The van der Waals surface area contributed by atoms with Crippen molar-refractivity contribution in [2.75, 3.05) is 24.7 Å². The highest BCUT2D eigenvalue weighted by molar-refractivity contribution is 14.0. The topological polar surface area (TPSA) is 63.3 Å². The van der Waals surface area contributed by atoms with E-state index in [9.17, 15) is 0 Å². The molecule has 4 nitrogen and oxygen atoms in total. The lowest BCUT2D eigenvalue weighted by atomic mass is 10.4. The first-order valence-corrected chi connectivity index (χ1v) is 6.04. The fourth-order valence-corrected chi connectivity index (χ4v) is 1.24. The summed E-state index contributed by atoms with van der Waals surface area (Å²) in [6, 6.07) is 5.80. The van der Waals surface area contributed by atoms with E-state index < -0.39 is 0 Å². The monoisotopic (exact) mass is 352 g/mol. The largest absolute Gasteiger partial charge is 0.379 e. The van der Waals surface area contributed by atoms with Gasteiger partial charge in [-0.05, 0) is 24.8 Å². The van der Waals surface area contributed by atoms with Gasteiger partial charge >= 0.3 is 0 Å². The Hall–Kier alpha value is -0.500. The molecule has 1 heterocycles. The number of nitrogens with zero attached hydrogens (tertiary/aromatic N) is 2. The summed E-state index contributed by atoms with van der Waals surface area (Å²) in [5, 5.41) is 3.85. The molecule has 3 N–H and O–H groups in total. The number of thioether (sulfide) groups is 1. The highest BCUT2D eigenvalue weighted by atomic mass is 127. The first-order chi connectivity index (χ1) is 7.33. The third kappa shape index (κ3) is 6.89. The van der Waals surface area contributed by atoms with Crippen molar-refractivity contribution in [3.05, 3.63) is 24.4 Å². The van der Waals surface area contributed by atoms with Crippen LogP contribution in [0.25, 0.3) is 0 Å². The van der Waals surface area contributed by atoms with Crippen molar-refractivity contribution in [3.63, 3.8) is 0 Å². The van der Waals surface area contributed by atoms with E-state index in [1.54, 1.807) is 6.20 Å². The number of hydrogen-bond acceptors (Lipinski definition) is 4. The molecule has 1 aromatic rings. The lowest BCUT2D eigenvalue weighted by Gasteiger charge is -2.03. The van der Waals surface area contributed by atoms with Crippen LogP contribution < -0.4 is 11.1 Å². The van der Waals surface area contributed by atoms with Gasteiger partial charge in [0.2, 0.25) is 0 Å². The zero-order valence-electron chi connectivity index (χ0n) is 9.22. The Kier molecular flexibility index (Phi) is 9.40. The molecule has 0 spiro atoms. The minimum Gasteiger partial charge on any atom is -0.379 e. The average Bonchev–Trinajstić information content (AvgIpc) is 2.29. The van der Waals surface area contributed by atoms with Gasteiger partial charge in [0.25, 0.3) is 0 Å². The first kappa shape index (κ1) is 15.5. The molecule has 16 heavy (non-hydrogen) atoms. The number of aromatic nitrogens is 1. The van der Waals surface area contributed by atoms with E-state index in [2.05, 4.69) is 15.3 Å². The maximum absolute atomic E-state index is 5.55. The summed E-state index contributed by atoms with van der Waals surface area (Å²) < 4.78 is 0. The molecule has 1 aromatic heterocycles. The molecule has 6 heteroatoms. The predicted molar refractivity (Wildman–Crippen MR) is 82.8 cm³/mol. The van der Waals surface area contributed by atoms with Crippen molar-refractivity contribution in [2.45, 2.75) is 6.42 Å². The van der Waals surface area contributed by atoms with Crippen LogP contribution in [0.3, 0.4) is 0 Å². The predicted octanol–water partition coefficient (Wildman–Crippen LogP) is 2.18. The first-order valence-electron chi connectivity index (χ1n) is 4.81. The number of pyridine rings is 1. The van der Waals surface area contributed by atoms with Gasteiger partial charge in [0.05, 0.1) is 0 Å². The zero-order chi connectivity index (χ0) is 10.9. The highest BCUT2D eigenvalue weighted by Crippen LogP contribution is 1.99. The molecule has 1 rings (SSSR count). The molecule has 90 valence electrons. The van der Waals surface area contributed by atoms with E-state index in [4.69, 9.17) is 5.73 Å². The van der Waals surface area contributed by atoms with E-state index in [1.165, 1.54) is 11.8 Å². The normalized spacial score (nSPS) is 10.7. The summed E-state index contributed by atoms with van der Waals surface area (Å²) in [5.74, 6) is 0.902. The van der Waals surface area contributed by atoms with Crippen LogP contribution in [0.2, 0.25) is 0 Å². The molecule has 0 aliphatic carbocycles. The van der Waals surface area contributed by atoms with Gasteiger partial charge in [0.15, 0.2) is 5.17 Å². The third-order valence-corrected chi connectivity index (χ3v) is 2.33. The summed E-state index contributed by atoms with van der Waals surface area (Å²) in [6.07, 6.45) is 4.65. The fraction of sp³-hybridized carbons (Fsp3) is 0.400. The maximum Gasteiger partial charge on any atom is 0.153 e. The van der Waals surface area contributed by atoms with E-state index in [0.717, 1.165) is 25.3 Å². The van der Waals surface area contributed by atoms with E-state index in [1.807, 2.05) is 24.5 Å². The van der Waals surface area contributed by atoms with Crippen LogP contribution in [0.5, 0.6) is 0 Å². The Labute approximate surface area is 118 Å². The average molecular weight is 352 g/mol. The van der Waals surface area contributed by atoms with E-state index in [-0.39, 0.29) is 24.0 Å². The van der Waals surface area contributed by atoms with Crippen molar-refractivity contribution in [1.29, 1.82) is 0 Å². The van der Waals surface area contributed by atoms with Gasteiger partial charge in [-0.2, -0.15) is 0 Å². The molecule has 0 saturated heterocycles. The second-order valence-electron chi connectivity index (χ2n) is 2.92. The van der Waals surface area contributed by atoms with Crippen LogP contribution in [-0.4, -0.2) is 29.5 Å². The van der Waals surface area contributed by atoms with Crippen molar-refractivity contribution >= 4 is 46.7 Å². The minimum absolute atomic E-state index is 0.